The Bertz CT molecular complexity index is 1320. The van der Waals surface area contributed by atoms with Crippen molar-refractivity contribution in [3.05, 3.63) is 60.2 Å². The van der Waals surface area contributed by atoms with Gasteiger partial charge >= 0.3 is 0 Å². The van der Waals surface area contributed by atoms with Crippen LogP contribution in [0, 0.1) is 11.2 Å². The molecule has 0 N–H and O–H groups in total. The lowest BCUT2D eigenvalue weighted by Gasteiger charge is -2.70. The van der Waals surface area contributed by atoms with Crippen molar-refractivity contribution in [3.8, 4) is 22.9 Å². The Labute approximate surface area is 199 Å². The Balaban J connectivity index is 1.29. The summed E-state index contributed by atoms with van der Waals surface area (Å²) in [5.41, 5.74) is 1.42. The quantitative estimate of drug-likeness (QED) is 0.468. The molecule has 2 aromatic carbocycles. The van der Waals surface area contributed by atoms with Gasteiger partial charge in [0, 0.05) is 11.0 Å². The molecule has 0 radical (unpaired) electrons. The lowest BCUT2D eigenvalue weighted by atomic mass is 9.34. The third-order valence-electron chi connectivity index (χ3n) is 8.04. The summed E-state index contributed by atoms with van der Waals surface area (Å²) in [7, 11) is -2.95. The highest BCUT2D eigenvalue weighted by atomic mass is 32.2. The number of para-hydroxylation sites is 1. The van der Waals surface area contributed by atoms with Gasteiger partial charge in [0.2, 0.25) is 0 Å². The van der Waals surface area contributed by atoms with Crippen molar-refractivity contribution in [2.45, 2.75) is 56.9 Å². The number of hydrogen-bond donors (Lipinski definition) is 0. The van der Waals surface area contributed by atoms with Gasteiger partial charge in [0.15, 0.2) is 17.4 Å². The van der Waals surface area contributed by atoms with E-state index in [1.807, 2.05) is 16.8 Å². The predicted molar refractivity (Wildman–Crippen MR) is 127 cm³/mol. The summed E-state index contributed by atoms with van der Waals surface area (Å²) in [4.78, 5) is 5.02. The number of halogens is 1. The van der Waals surface area contributed by atoms with Crippen molar-refractivity contribution < 1.29 is 17.5 Å². The van der Waals surface area contributed by atoms with E-state index in [1.54, 1.807) is 30.3 Å². The molecule has 4 aliphatic rings. The maximum Gasteiger partial charge on any atom is 0.181 e. The Morgan fingerprint density at radius 2 is 1.74 bits per heavy atom. The number of rotatable bonds is 6. The largest absolute Gasteiger partial charge is 0.454 e. The zero-order valence-corrected chi connectivity index (χ0v) is 20.0. The third kappa shape index (κ3) is 3.54. The Hall–Kier alpha value is -2.74. The molecular weight excluding hydrogens is 453 g/mol. The second kappa shape index (κ2) is 7.63. The van der Waals surface area contributed by atoms with Crippen molar-refractivity contribution in [3.63, 3.8) is 0 Å². The molecule has 2 bridgehead atoms. The van der Waals surface area contributed by atoms with Gasteiger partial charge in [-0.1, -0.05) is 25.5 Å². The molecule has 3 aliphatic carbocycles. The molecule has 6 nitrogen and oxygen atoms in total. The minimum absolute atomic E-state index is 0.0649. The number of hydrogen-bond acceptors (Lipinski definition) is 5. The van der Waals surface area contributed by atoms with Crippen LogP contribution in [0.25, 0.3) is 11.4 Å². The van der Waals surface area contributed by atoms with Gasteiger partial charge in [-0.2, -0.15) is 5.10 Å². The minimum atomic E-state index is -2.95. The van der Waals surface area contributed by atoms with Crippen LogP contribution >= 0.6 is 0 Å². The second-order valence-electron chi connectivity index (χ2n) is 10.3. The van der Waals surface area contributed by atoms with Crippen LogP contribution in [0.3, 0.4) is 0 Å². The first-order chi connectivity index (χ1) is 16.3. The van der Waals surface area contributed by atoms with Gasteiger partial charge in [0.25, 0.3) is 0 Å². The standard InChI is InChI=1S/C26H28FN3O3S/c1-2-25-15-26(16-25,17-25)24-28-23(29-30(24)19-11-13-34(31,32)14-12-19)18-7-9-20(10-8-18)33-22-6-4-3-5-21(22)27/h3-10,19H,2,11-17H2,1H3. The number of benzene rings is 2. The lowest BCUT2D eigenvalue weighted by Crippen LogP contribution is -2.65. The highest BCUT2D eigenvalue weighted by Gasteiger charge is 2.69. The van der Waals surface area contributed by atoms with Gasteiger partial charge in [-0.25, -0.2) is 22.5 Å². The number of nitrogens with zero attached hydrogens (tertiary/aromatic N) is 3. The first kappa shape index (κ1) is 21.8. The molecule has 4 fully saturated rings. The van der Waals surface area contributed by atoms with E-state index < -0.39 is 15.7 Å². The van der Waals surface area contributed by atoms with E-state index >= 15 is 0 Å². The molecule has 34 heavy (non-hydrogen) atoms. The van der Waals surface area contributed by atoms with Crippen molar-refractivity contribution in [1.29, 1.82) is 0 Å². The maximum absolute atomic E-state index is 13.9. The second-order valence-corrected chi connectivity index (χ2v) is 12.6. The molecule has 8 heteroatoms. The summed E-state index contributed by atoms with van der Waals surface area (Å²) < 4.78 is 45.6. The van der Waals surface area contributed by atoms with Gasteiger partial charge < -0.3 is 4.74 Å². The van der Waals surface area contributed by atoms with E-state index in [2.05, 4.69) is 6.92 Å². The first-order valence-corrected chi connectivity index (χ1v) is 13.8. The Morgan fingerprint density at radius 3 is 2.38 bits per heavy atom. The topological polar surface area (TPSA) is 74.1 Å². The normalized spacial score (nSPS) is 27.6. The monoisotopic (exact) mass is 481 g/mol. The van der Waals surface area contributed by atoms with Crippen LogP contribution in [-0.4, -0.2) is 34.7 Å². The van der Waals surface area contributed by atoms with E-state index in [0.29, 0.717) is 29.8 Å². The summed E-state index contributed by atoms with van der Waals surface area (Å²) in [6.07, 6.45) is 5.81. The van der Waals surface area contributed by atoms with Crippen LogP contribution in [0.1, 0.15) is 57.3 Å². The summed E-state index contributed by atoms with van der Waals surface area (Å²) >= 11 is 0. The summed E-state index contributed by atoms with van der Waals surface area (Å²) in [6, 6.07) is 13.7. The minimum Gasteiger partial charge on any atom is -0.454 e. The highest BCUT2D eigenvalue weighted by molar-refractivity contribution is 7.91. The molecule has 1 aromatic heterocycles. The van der Waals surface area contributed by atoms with E-state index in [1.165, 1.54) is 12.5 Å². The van der Waals surface area contributed by atoms with E-state index in [4.69, 9.17) is 14.8 Å². The van der Waals surface area contributed by atoms with E-state index in [-0.39, 0.29) is 28.7 Å². The van der Waals surface area contributed by atoms with Crippen molar-refractivity contribution in [1.82, 2.24) is 14.8 Å². The fraction of sp³-hybridized carbons (Fsp3) is 0.462. The zero-order chi connectivity index (χ0) is 23.6. The van der Waals surface area contributed by atoms with Crippen molar-refractivity contribution in [2.24, 2.45) is 5.41 Å². The zero-order valence-electron chi connectivity index (χ0n) is 19.2. The molecule has 3 saturated carbocycles. The van der Waals surface area contributed by atoms with Crippen LogP contribution in [-0.2, 0) is 15.3 Å². The third-order valence-corrected chi connectivity index (χ3v) is 9.76. The van der Waals surface area contributed by atoms with Crippen LogP contribution < -0.4 is 4.74 Å². The van der Waals surface area contributed by atoms with Gasteiger partial charge in [-0.15, -0.1) is 0 Å². The fourth-order valence-electron chi connectivity index (χ4n) is 6.12. The highest BCUT2D eigenvalue weighted by Crippen LogP contribution is 2.74. The van der Waals surface area contributed by atoms with Gasteiger partial charge in [-0.05, 0) is 73.9 Å². The summed E-state index contributed by atoms with van der Waals surface area (Å²) in [6.45, 7) is 2.26. The smallest absolute Gasteiger partial charge is 0.181 e. The van der Waals surface area contributed by atoms with Crippen LogP contribution in [0.15, 0.2) is 48.5 Å². The SMILES string of the molecule is CCC12CC(c3nc(-c4ccc(Oc5ccccc5F)cc4)nn3C3CCS(=O)(=O)CC3)(C1)C2. The van der Waals surface area contributed by atoms with Crippen molar-refractivity contribution in [2.75, 3.05) is 11.5 Å². The molecule has 0 amide bonds. The fourth-order valence-corrected chi connectivity index (χ4v) is 7.59. The predicted octanol–water partition coefficient (Wildman–Crippen LogP) is 5.46. The molecule has 7 rings (SSSR count). The lowest BCUT2D eigenvalue weighted by molar-refractivity contribution is -0.150. The maximum atomic E-state index is 13.9. The summed E-state index contributed by atoms with van der Waals surface area (Å²) in [5.74, 6) is 2.40. The number of aromatic nitrogens is 3. The first-order valence-electron chi connectivity index (χ1n) is 12.0. The van der Waals surface area contributed by atoms with Gasteiger partial charge in [0.05, 0.1) is 17.5 Å². The van der Waals surface area contributed by atoms with Crippen LogP contribution in [0.5, 0.6) is 11.5 Å². The molecule has 2 heterocycles. The molecule has 1 aliphatic heterocycles. The van der Waals surface area contributed by atoms with E-state index in [9.17, 15) is 12.8 Å². The van der Waals surface area contributed by atoms with Crippen LogP contribution in [0.4, 0.5) is 4.39 Å². The molecule has 178 valence electrons. The van der Waals surface area contributed by atoms with Gasteiger partial charge in [0.1, 0.15) is 21.4 Å². The molecule has 0 unspecified atom stereocenters. The molecular formula is C26H28FN3O3S. The molecule has 0 atom stereocenters. The Kier molecular flexibility index (Phi) is 4.89. The van der Waals surface area contributed by atoms with Gasteiger partial charge in [-0.3, -0.25) is 0 Å². The molecule has 0 spiro atoms. The Morgan fingerprint density at radius 1 is 1.06 bits per heavy atom. The molecule has 1 saturated heterocycles. The molecule has 3 aromatic rings. The van der Waals surface area contributed by atoms with E-state index in [0.717, 1.165) is 30.7 Å². The van der Waals surface area contributed by atoms with Crippen molar-refractivity contribution >= 4 is 9.84 Å². The number of ether oxygens (including phenoxy) is 1. The average Bonchev–Trinajstić information content (AvgIpc) is 3.20. The number of sulfone groups is 1. The average molecular weight is 482 g/mol. The van der Waals surface area contributed by atoms with Crippen LogP contribution in [0.2, 0.25) is 0 Å². The summed E-state index contributed by atoms with van der Waals surface area (Å²) in [5, 5.41) is 4.91.